The van der Waals surface area contributed by atoms with E-state index in [0.717, 1.165) is 11.1 Å². The van der Waals surface area contributed by atoms with E-state index in [0.29, 0.717) is 19.7 Å². The number of carbonyl (C=O) groups is 2. The summed E-state index contributed by atoms with van der Waals surface area (Å²) in [7, 11) is 0. The summed E-state index contributed by atoms with van der Waals surface area (Å²) in [6.07, 6.45) is -0.485. The highest BCUT2D eigenvalue weighted by atomic mass is 16.6. The molecule has 1 aliphatic rings. The van der Waals surface area contributed by atoms with Crippen LogP contribution in [0.15, 0.2) is 60.7 Å². The lowest BCUT2D eigenvalue weighted by Gasteiger charge is -2.44. The van der Waals surface area contributed by atoms with Gasteiger partial charge in [-0.15, -0.1) is 0 Å². The van der Waals surface area contributed by atoms with Gasteiger partial charge < -0.3 is 14.4 Å². The predicted octanol–water partition coefficient (Wildman–Crippen LogP) is 4.24. The highest BCUT2D eigenvalue weighted by Crippen LogP contribution is 2.23. The summed E-state index contributed by atoms with van der Waals surface area (Å²) in [6, 6.07) is 18.7. The minimum absolute atomic E-state index is 0.114. The molecule has 0 saturated carbocycles. The van der Waals surface area contributed by atoms with E-state index in [2.05, 4.69) is 0 Å². The lowest BCUT2D eigenvalue weighted by molar-refractivity contribution is -0.148. The van der Waals surface area contributed by atoms with Crippen LogP contribution >= 0.6 is 0 Å². The molecule has 6 heteroatoms. The van der Waals surface area contributed by atoms with Crippen LogP contribution in [0.1, 0.15) is 38.8 Å². The second-order valence-corrected chi connectivity index (χ2v) is 8.96. The third kappa shape index (κ3) is 6.31. The molecular weight excluding hydrogens is 392 g/mol. The number of benzene rings is 2. The van der Waals surface area contributed by atoms with Crippen LogP contribution in [-0.2, 0) is 27.4 Å². The SMILES string of the molecule is C[C@H]1CN(Cc2ccccc2)C(=O)[C@H](COCc2ccccc2)N1C(=O)OC(C)(C)C. The van der Waals surface area contributed by atoms with Gasteiger partial charge in [-0.1, -0.05) is 60.7 Å². The summed E-state index contributed by atoms with van der Waals surface area (Å²) in [5, 5.41) is 0. The van der Waals surface area contributed by atoms with Crippen LogP contribution in [0.2, 0.25) is 0 Å². The number of ether oxygens (including phenoxy) is 2. The van der Waals surface area contributed by atoms with E-state index in [9.17, 15) is 9.59 Å². The first-order chi connectivity index (χ1) is 14.7. The van der Waals surface area contributed by atoms with Crippen molar-refractivity contribution in [3.05, 3.63) is 71.8 Å². The summed E-state index contributed by atoms with van der Waals surface area (Å²) in [6.45, 7) is 8.85. The molecule has 0 aromatic heterocycles. The lowest BCUT2D eigenvalue weighted by Crippen LogP contribution is -2.64. The Bertz CT molecular complexity index is 864. The molecule has 1 aliphatic heterocycles. The van der Waals surface area contributed by atoms with Crippen LogP contribution in [-0.4, -0.2) is 52.6 Å². The number of rotatable bonds is 6. The molecule has 31 heavy (non-hydrogen) atoms. The van der Waals surface area contributed by atoms with Gasteiger partial charge in [-0.05, 0) is 38.8 Å². The second-order valence-electron chi connectivity index (χ2n) is 8.96. The fourth-order valence-electron chi connectivity index (χ4n) is 3.72. The van der Waals surface area contributed by atoms with Gasteiger partial charge in [-0.25, -0.2) is 4.79 Å². The second kappa shape index (κ2) is 9.96. The van der Waals surface area contributed by atoms with Gasteiger partial charge in [-0.2, -0.15) is 0 Å². The number of hydrogen-bond donors (Lipinski definition) is 0. The van der Waals surface area contributed by atoms with Crippen molar-refractivity contribution in [3.63, 3.8) is 0 Å². The van der Waals surface area contributed by atoms with E-state index in [-0.39, 0.29) is 18.6 Å². The van der Waals surface area contributed by atoms with E-state index in [4.69, 9.17) is 9.47 Å². The van der Waals surface area contributed by atoms with Crippen molar-refractivity contribution in [1.29, 1.82) is 0 Å². The third-order valence-electron chi connectivity index (χ3n) is 5.10. The Morgan fingerprint density at radius 1 is 1.00 bits per heavy atom. The minimum Gasteiger partial charge on any atom is -0.444 e. The number of hydrogen-bond acceptors (Lipinski definition) is 4. The van der Waals surface area contributed by atoms with E-state index in [1.165, 1.54) is 0 Å². The summed E-state index contributed by atoms with van der Waals surface area (Å²) in [4.78, 5) is 29.7. The average molecular weight is 425 g/mol. The molecule has 3 rings (SSSR count). The van der Waals surface area contributed by atoms with Crippen molar-refractivity contribution < 1.29 is 19.1 Å². The summed E-state index contributed by atoms with van der Waals surface area (Å²) in [5.74, 6) is -0.124. The molecule has 2 atom stereocenters. The fourth-order valence-corrected chi connectivity index (χ4v) is 3.72. The number of nitrogens with zero attached hydrogens (tertiary/aromatic N) is 2. The highest BCUT2D eigenvalue weighted by Gasteiger charge is 2.43. The van der Waals surface area contributed by atoms with Crippen molar-refractivity contribution >= 4 is 12.0 Å². The quantitative estimate of drug-likeness (QED) is 0.696. The standard InChI is InChI=1S/C25H32N2O4/c1-19-15-26(16-20-11-7-5-8-12-20)23(28)22(27(19)24(29)31-25(2,3)4)18-30-17-21-13-9-6-10-14-21/h5-14,19,22H,15-18H2,1-4H3/t19-,22-/m0/s1. The van der Waals surface area contributed by atoms with Gasteiger partial charge in [0, 0.05) is 13.1 Å². The molecule has 2 aromatic rings. The van der Waals surface area contributed by atoms with Crippen molar-refractivity contribution in [2.45, 2.75) is 58.5 Å². The molecule has 1 saturated heterocycles. The number of carbonyl (C=O) groups excluding carboxylic acids is 2. The van der Waals surface area contributed by atoms with E-state index >= 15 is 0 Å². The molecule has 1 fully saturated rings. The van der Waals surface area contributed by atoms with Gasteiger partial charge in [-0.3, -0.25) is 9.69 Å². The molecule has 0 bridgehead atoms. The maximum Gasteiger partial charge on any atom is 0.411 e. The van der Waals surface area contributed by atoms with Crippen LogP contribution < -0.4 is 0 Å². The summed E-state index contributed by atoms with van der Waals surface area (Å²) in [5.41, 5.74) is 1.43. The van der Waals surface area contributed by atoms with Crippen LogP contribution in [0.5, 0.6) is 0 Å². The monoisotopic (exact) mass is 424 g/mol. The average Bonchev–Trinajstić information content (AvgIpc) is 2.71. The number of amides is 2. The zero-order valence-electron chi connectivity index (χ0n) is 18.8. The maximum absolute atomic E-state index is 13.4. The Morgan fingerprint density at radius 3 is 2.16 bits per heavy atom. The fraction of sp³-hybridized carbons (Fsp3) is 0.440. The van der Waals surface area contributed by atoms with Crippen LogP contribution in [0, 0.1) is 0 Å². The molecule has 0 spiro atoms. The Labute approximate surface area is 184 Å². The molecule has 6 nitrogen and oxygen atoms in total. The zero-order chi connectivity index (χ0) is 22.4. The van der Waals surface area contributed by atoms with Gasteiger partial charge in [0.05, 0.1) is 19.3 Å². The van der Waals surface area contributed by atoms with Crippen LogP contribution in [0.3, 0.4) is 0 Å². The minimum atomic E-state index is -0.731. The predicted molar refractivity (Wildman–Crippen MR) is 119 cm³/mol. The Kier molecular flexibility index (Phi) is 7.33. The molecule has 0 N–H and O–H groups in total. The molecule has 0 aliphatic carbocycles. The molecule has 0 unspecified atom stereocenters. The van der Waals surface area contributed by atoms with Crippen molar-refractivity contribution in [2.24, 2.45) is 0 Å². The molecule has 2 amide bonds. The van der Waals surface area contributed by atoms with Crippen molar-refractivity contribution in [2.75, 3.05) is 13.2 Å². The molecule has 1 heterocycles. The van der Waals surface area contributed by atoms with E-state index in [1.807, 2.05) is 88.4 Å². The lowest BCUT2D eigenvalue weighted by atomic mass is 10.1. The first-order valence-electron chi connectivity index (χ1n) is 10.7. The van der Waals surface area contributed by atoms with Crippen LogP contribution in [0.25, 0.3) is 0 Å². The third-order valence-corrected chi connectivity index (χ3v) is 5.10. The highest BCUT2D eigenvalue weighted by molar-refractivity contribution is 5.87. The topological polar surface area (TPSA) is 59.1 Å². The largest absolute Gasteiger partial charge is 0.444 e. The summed E-state index contributed by atoms with van der Waals surface area (Å²) >= 11 is 0. The van der Waals surface area contributed by atoms with Crippen molar-refractivity contribution in [3.8, 4) is 0 Å². The molecule has 0 radical (unpaired) electrons. The molecular formula is C25H32N2O4. The first kappa shape index (κ1) is 22.8. The normalized spacial score (nSPS) is 19.4. The Hall–Kier alpha value is -2.86. The Morgan fingerprint density at radius 2 is 1.58 bits per heavy atom. The first-order valence-corrected chi connectivity index (χ1v) is 10.7. The van der Waals surface area contributed by atoms with Gasteiger partial charge in [0.15, 0.2) is 0 Å². The number of piperazine rings is 1. The van der Waals surface area contributed by atoms with Gasteiger partial charge in [0.25, 0.3) is 0 Å². The Balaban J connectivity index is 1.76. The van der Waals surface area contributed by atoms with Gasteiger partial charge in [0.2, 0.25) is 5.91 Å². The van der Waals surface area contributed by atoms with Gasteiger partial charge in [0.1, 0.15) is 11.6 Å². The molecule has 2 aromatic carbocycles. The van der Waals surface area contributed by atoms with E-state index < -0.39 is 17.7 Å². The van der Waals surface area contributed by atoms with Crippen molar-refractivity contribution in [1.82, 2.24) is 9.80 Å². The smallest absolute Gasteiger partial charge is 0.411 e. The van der Waals surface area contributed by atoms with Gasteiger partial charge >= 0.3 is 6.09 Å². The maximum atomic E-state index is 13.4. The summed E-state index contributed by atoms with van der Waals surface area (Å²) < 4.78 is 11.5. The van der Waals surface area contributed by atoms with E-state index in [1.54, 1.807) is 9.80 Å². The zero-order valence-corrected chi connectivity index (χ0v) is 18.8. The molecule has 166 valence electrons. The van der Waals surface area contributed by atoms with Crippen LogP contribution in [0.4, 0.5) is 4.79 Å².